The van der Waals surface area contributed by atoms with Crippen LogP contribution in [0, 0.1) is 5.41 Å². The van der Waals surface area contributed by atoms with Crippen molar-refractivity contribution in [2.24, 2.45) is 10.4 Å². The van der Waals surface area contributed by atoms with Gasteiger partial charge in [-0.3, -0.25) is 9.83 Å². The topological polar surface area (TPSA) is 24.8 Å². The van der Waals surface area contributed by atoms with E-state index in [2.05, 4.69) is 42.3 Å². The van der Waals surface area contributed by atoms with Gasteiger partial charge in [-0.1, -0.05) is 25.6 Å². The molecule has 0 aromatic carbocycles. The average Bonchev–Trinajstić information content (AvgIpc) is 2.16. The van der Waals surface area contributed by atoms with Gasteiger partial charge in [0.15, 0.2) is 0 Å². The van der Waals surface area contributed by atoms with E-state index in [0.29, 0.717) is 5.41 Å². The molecule has 1 fully saturated rings. The van der Waals surface area contributed by atoms with Gasteiger partial charge in [0.2, 0.25) is 0 Å². The van der Waals surface area contributed by atoms with Gasteiger partial charge in [0, 0.05) is 6.54 Å². The van der Waals surface area contributed by atoms with Crippen molar-refractivity contribution in [3.8, 4) is 0 Å². The van der Waals surface area contributed by atoms with Gasteiger partial charge in [-0.25, -0.2) is 0 Å². The van der Waals surface area contributed by atoms with E-state index < -0.39 is 0 Å². The van der Waals surface area contributed by atoms with Gasteiger partial charge in [-0.15, -0.1) is 0 Å². The third-order valence-corrected chi connectivity index (χ3v) is 3.59. The molecular formula is C12H20N2OS. The molecule has 0 aliphatic carbocycles. The van der Waals surface area contributed by atoms with E-state index in [1.54, 1.807) is 11.8 Å². The Bertz CT molecular complexity index is 300. The van der Waals surface area contributed by atoms with Crippen molar-refractivity contribution in [1.29, 1.82) is 0 Å². The fourth-order valence-corrected chi connectivity index (χ4v) is 2.76. The third kappa shape index (κ3) is 3.09. The fourth-order valence-electron chi connectivity index (χ4n) is 2.02. The number of nitrogens with zero attached hydrogens (tertiary/aromatic N) is 2. The van der Waals surface area contributed by atoms with Crippen LogP contribution in [0.3, 0.4) is 0 Å². The molecule has 1 atom stereocenters. The molecule has 0 aromatic rings. The Kier molecular flexibility index (Phi) is 3.42. The molecule has 0 bridgehead atoms. The highest BCUT2D eigenvalue weighted by Crippen LogP contribution is 2.29. The van der Waals surface area contributed by atoms with Crippen molar-refractivity contribution in [2.75, 3.05) is 19.7 Å². The number of thioether (sulfide) groups is 1. The molecule has 0 N–H and O–H groups in total. The van der Waals surface area contributed by atoms with Gasteiger partial charge >= 0.3 is 0 Å². The van der Waals surface area contributed by atoms with Crippen molar-refractivity contribution in [2.45, 2.75) is 32.7 Å². The molecule has 1 saturated heterocycles. The van der Waals surface area contributed by atoms with Crippen LogP contribution in [0.1, 0.15) is 27.2 Å². The van der Waals surface area contributed by atoms with Crippen LogP contribution in [0.5, 0.6) is 0 Å². The summed E-state index contributed by atoms with van der Waals surface area (Å²) in [5, 5.41) is 4.17. The molecule has 0 radical (unpaired) electrons. The second-order valence-corrected chi connectivity index (χ2v) is 6.33. The average molecular weight is 240 g/mol. The highest BCUT2D eigenvalue weighted by molar-refractivity contribution is 8.14. The lowest BCUT2D eigenvalue weighted by Crippen LogP contribution is -2.46. The second kappa shape index (κ2) is 4.51. The number of rotatable bonds is 2. The van der Waals surface area contributed by atoms with E-state index in [0.717, 1.165) is 26.1 Å². The minimum Gasteiger partial charge on any atom is -0.299 e. The molecule has 1 unspecified atom stereocenters. The molecule has 0 saturated carbocycles. The van der Waals surface area contributed by atoms with Crippen LogP contribution in [0.15, 0.2) is 16.5 Å². The summed E-state index contributed by atoms with van der Waals surface area (Å²) >= 11 is 1.63. The standard InChI is InChI=1S/C12H20N2OS/c1-11(2)4-6-15-14(8-11)9-12(3)5-7-16-10-13-12/h5,7,10H,4,6,8-9H2,1-3H3. The maximum Gasteiger partial charge on any atom is 0.0923 e. The Morgan fingerprint density at radius 3 is 2.88 bits per heavy atom. The van der Waals surface area contributed by atoms with E-state index >= 15 is 0 Å². The van der Waals surface area contributed by atoms with Crippen LogP contribution in [-0.4, -0.2) is 35.8 Å². The Balaban J connectivity index is 1.96. The summed E-state index contributed by atoms with van der Waals surface area (Å²) < 4.78 is 0. The zero-order valence-corrected chi connectivity index (χ0v) is 11.1. The SMILES string of the molecule is CC1(C)CCON(CC2(C)C=CSC=N2)C1. The van der Waals surface area contributed by atoms with Gasteiger partial charge in [-0.2, -0.15) is 5.06 Å². The van der Waals surface area contributed by atoms with Crippen LogP contribution in [0.25, 0.3) is 0 Å². The zero-order valence-electron chi connectivity index (χ0n) is 10.3. The van der Waals surface area contributed by atoms with Crippen molar-refractivity contribution < 1.29 is 4.84 Å². The summed E-state index contributed by atoms with van der Waals surface area (Å²) in [5.74, 6) is 0. The van der Waals surface area contributed by atoms with Gasteiger partial charge in [-0.05, 0) is 30.2 Å². The Morgan fingerprint density at radius 1 is 1.44 bits per heavy atom. The highest BCUT2D eigenvalue weighted by Gasteiger charge is 2.32. The zero-order chi connectivity index (χ0) is 11.6. The van der Waals surface area contributed by atoms with Crippen molar-refractivity contribution in [3.63, 3.8) is 0 Å². The van der Waals surface area contributed by atoms with E-state index in [-0.39, 0.29) is 5.54 Å². The normalized spacial score (nSPS) is 34.2. The number of hydrogen-bond acceptors (Lipinski definition) is 4. The van der Waals surface area contributed by atoms with Gasteiger partial charge in [0.05, 0.1) is 24.2 Å². The number of aliphatic imine (C=N–C) groups is 1. The summed E-state index contributed by atoms with van der Waals surface area (Å²) in [4.78, 5) is 10.2. The van der Waals surface area contributed by atoms with Crippen LogP contribution in [-0.2, 0) is 4.84 Å². The first kappa shape index (κ1) is 12.1. The maximum absolute atomic E-state index is 5.70. The molecule has 4 heteroatoms. The van der Waals surface area contributed by atoms with Gasteiger partial charge < -0.3 is 0 Å². The first-order valence-corrected chi connectivity index (χ1v) is 6.68. The monoisotopic (exact) mass is 240 g/mol. The Morgan fingerprint density at radius 2 is 2.25 bits per heavy atom. The summed E-state index contributed by atoms with van der Waals surface area (Å²) in [6.07, 6.45) is 3.29. The summed E-state index contributed by atoms with van der Waals surface area (Å²) in [5.41, 5.74) is 2.14. The number of hydrogen-bond donors (Lipinski definition) is 0. The first-order valence-electron chi connectivity index (χ1n) is 5.74. The molecular weight excluding hydrogens is 220 g/mol. The van der Waals surface area contributed by atoms with Gasteiger partial charge in [0.1, 0.15) is 0 Å². The van der Waals surface area contributed by atoms with Crippen molar-refractivity contribution in [1.82, 2.24) is 5.06 Å². The molecule has 2 aliphatic rings. The molecule has 16 heavy (non-hydrogen) atoms. The minimum atomic E-state index is -0.126. The summed E-state index contributed by atoms with van der Waals surface area (Å²) in [6.45, 7) is 9.38. The molecule has 2 aliphatic heterocycles. The van der Waals surface area contributed by atoms with Crippen LogP contribution >= 0.6 is 11.8 Å². The molecule has 0 spiro atoms. The van der Waals surface area contributed by atoms with Crippen molar-refractivity contribution in [3.05, 3.63) is 11.5 Å². The minimum absolute atomic E-state index is 0.126. The Hall–Kier alpha value is -0.320. The van der Waals surface area contributed by atoms with E-state index in [1.165, 1.54) is 0 Å². The van der Waals surface area contributed by atoms with Crippen LogP contribution < -0.4 is 0 Å². The lowest BCUT2D eigenvalue weighted by molar-refractivity contribution is -0.213. The molecule has 0 amide bonds. The van der Waals surface area contributed by atoms with E-state index in [9.17, 15) is 0 Å². The molecule has 90 valence electrons. The predicted molar refractivity (Wildman–Crippen MR) is 69.6 cm³/mol. The summed E-state index contributed by atoms with van der Waals surface area (Å²) in [6, 6.07) is 0. The first-order chi connectivity index (χ1) is 7.49. The second-order valence-electron chi connectivity index (χ2n) is 5.58. The molecule has 2 rings (SSSR count). The highest BCUT2D eigenvalue weighted by atomic mass is 32.2. The third-order valence-electron chi connectivity index (χ3n) is 3.07. The van der Waals surface area contributed by atoms with Crippen LogP contribution in [0.2, 0.25) is 0 Å². The smallest absolute Gasteiger partial charge is 0.0923 e. The molecule has 3 nitrogen and oxygen atoms in total. The Labute approximate surface area is 102 Å². The predicted octanol–water partition coefficient (Wildman–Crippen LogP) is 2.70. The molecule has 0 aromatic heterocycles. The van der Waals surface area contributed by atoms with Crippen LogP contribution in [0.4, 0.5) is 0 Å². The van der Waals surface area contributed by atoms with E-state index in [1.807, 2.05) is 5.55 Å². The maximum atomic E-state index is 5.70. The van der Waals surface area contributed by atoms with E-state index in [4.69, 9.17) is 4.84 Å². The number of hydroxylamine groups is 2. The van der Waals surface area contributed by atoms with Crippen molar-refractivity contribution >= 4 is 17.3 Å². The fraction of sp³-hybridized carbons (Fsp3) is 0.750. The summed E-state index contributed by atoms with van der Waals surface area (Å²) in [7, 11) is 0. The molecule has 2 heterocycles. The van der Waals surface area contributed by atoms with Gasteiger partial charge in [0.25, 0.3) is 0 Å². The largest absolute Gasteiger partial charge is 0.299 e. The quantitative estimate of drug-likeness (QED) is 0.742. The lowest BCUT2D eigenvalue weighted by atomic mass is 9.88. The lowest BCUT2D eigenvalue weighted by Gasteiger charge is -2.40.